The molecule has 0 aliphatic rings. The minimum atomic E-state index is -3.79. The topological polar surface area (TPSA) is 154 Å². The highest BCUT2D eigenvalue weighted by atomic mass is 32.2. The van der Waals surface area contributed by atoms with E-state index in [1.165, 1.54) is 12.1 Å². The highest BCUT2D eigenvalue weighted by molar-refractivity contribution is 7.89. The predicted octanol–water partition coefficient (Wildman–Crippen LogP) is -0.382. The van der Waals surface area contributed by atoms with Gasteiger partial charge in [-0.25, -0.2) is 23.3 Å². The Bertz CT molecular complexity index is 649. The minimum absolute atomic E-state index is 0.0573. The van der Waals surface area contributed by atoms with Crippen LogP contribution in [0.25, 0.3) is 0 Å². The summed E-state index contributed by atoms with van der Waals surface area (Å²) in [6.07, 6.45) is 1.01. The summed E-state index contributed by atoms with van der Waals surface area (Å²) in [7, 11) is -3.79. The smallest absolute Gasteiger partial charge is 0.251 e. The second kappa shape index (κ2) is 8.80. The van der Waals surface area contributed by atoms with Gasteiger partial charge in [0.2, 0.25) is 10.0 Å². The van der Waals surface area contributed by atoms with Gasteiger partial charge in [-0.05, 0) is 25.0 Å². The number of carbonyl (C=O) groups is 1. The third-order valence-corrected chi connectivity index (χ3v) is 4.23. The Morgan fingerprint density at radius 3 is 2.57 bits per heavy atom. The molecule has 11 heteroatoms. The van der Waals surface area contributed by atoms with E-state index in [0.29, 0.717) is 12.7 Å². The highest BCUT2D eigenvalue weighted by Gasteiger charge is 2.19. The molecule has 1 aromatic rings. The molecule has 126 valence electrons. The van der Waals surface area contributed by atoms with Crippen LogP contribution in [0.3, 0.4) is 0 Å². The van der Waals surface area contributed by atoms with Crippen LogP contribution in [0.2, 0.25) is 0 Å². The lowest BCUT2D eigenvalue weighted by Gasteiger charge is -2.13. The first-order valence-corrected chi connectivity index (χ1v) is 8.09. The first-order valence-electron chi connectivity index (χ1n) is 6.61. The Hall–Kier alpha value is -2.53. The molecule has 1 aromatic carbocycles. The summed E-state index contributed by atoms with van der Waals surface area (Å²) in [6, 6.07) is 6.73. The van der Waals surface area contributed by atoms with Crippen molar-refractivity contribution in [3.8, 4) is 0 Å². The van der Waals surface area contributed by atoms with E-state index >= 15 is 0 Å². The third-order valence-electron chi connectivity index (χ3n) is 2.72. The lowest BCUT2D eigenvalue weighted by molar-refractivity contribution is -0.525. The Labute approximate surface area is 133 Å². The van der Waals surface area contributed by atoms with Crippen molar-refractivity contribution in [3.05, 3.63) is 40.4 Å². The van der Waals surface area contributed by atoms with Crippen LogP contribution in [0.5, 0.6) is 0 Å². The molecule has 1 unspecified atom stereocenters. The molecule has 10 nitrogen and oxygen atoms in total. The van der Waals surface area contributed by atoms with E-state index in [9.17, 15) is 23.3 Å². The maximum atomic E-state index is 12.1. The second-order valence-electron chi connectivity index (χ2n) is 4.49. The number of nitrogens with zero attached hydrogens (tertiary/aromatic N) is 1. The fourth-order valence-electron chi connectivity index (χ4n) is 1.69. The van der Waals surface area contributed by atoms with Crippen molar-refractivity contribution >= 4 is 22.3 Å². The molecule has 0 aromatic heterocycles. The molecule has 0 fully saturated rings. The van der Waals surface area contributed by atoms with Gasteiger partial charge in [0.15, 0.2) is 5.03 Å². The number of nitrogens with one attached hydrogen (secondary N) is 4. The molecule has 0 bridgehead atoms. The van der Waals surface area contributed by atoms with Crippen LogP contribution in [0.4, 0.5) is 0 Å². The zero-order chi connectivity index (χ0) is 17.3. The molecule has 0 aliphatic heterocycles. The van der Waals surface area contributed by atoms with Gasteiger partial charge in [0.05, 0.1) is 10.9 Å². The van der Waals surface area contributed by atoms with E-state index in [1.54, 1.807) is 23.6 Å². The summed E-state index contributed by atoms with van der Waals surface area (Å²) in [5, 5.41) is 18.8. The van der Waals surface area contributed by atoms with Crippen LogP contribution >= 0.6 is 0 Å². The van der Waals surface area contributed by atoms with Crippen LogP contribution < -0.4 is 15.5 Å². The molecule has 4 N–H and O–H groups in total. The first kappa shape index (κ1) is 18.5. The van der Waals surface area contributed by atoms with Gasteiger partial charge in [-0.2, -0.15) is 0 Å². The van der Waals surface area contributed by atoms with Crippen molar-refractivity contribution in [1.82, 2.24) is 15.5 Å². The van der Waals surface area contributed by atoms with Gasteiger partial charge < -0.3 is 10.1 Å². The van der Waals surface area contributed by atoms with E-state index in [0.717, 1.165) is 0 Å². The van der Waals surface area contributed by atoms with Crippen molar-refractivity contribution in [2.24, 2.45) is 0 Å². The van der Waals surface area contributed by atoms with Crippen LogP contribution in [0.15, 0.2) is 35.2 Å². The van der Waals surface area contributed by atoms with Crippen LogP contribution in [-0.2, 0) is 14.8 Å². The highest BCUT2D eigenvalue weighted by Crippen LogP contribution is 2.08. The van der Waals surface area contributed by atoms with Gasteiger partial charge in [0.25, 0.3) is 5.96 Å². The summed E-state index contributed by atoms with van der Waals surface area (Å²) < 4.78 is 26.4. The molecule has 1 rings (SSSR count). The summed E-state index contributed by atoms with van der Waals surface area (Å²) in [6.45, 7) is 0.178. The fraction of sp³-hybridized carbons (Fsp3) is 0.333. The maximum Gasteiger partial charge on any atom is 0.251 e. The van der Waals surface area contributed by atoms with Crippen molar-refractivity contribution in [3.63, 3.8) is 0 Å². The molecule has 23 heavy (non-hydrogen) atoms. The van der Waals surface area contributed by atoms with Crippen LogP contribution in [0.1, 0.15) is 12.8 Å². The number of carbonyl (C=O) groups excluding carboxylic acids is 1. The van der Waals surface area contributed by atoms with Gasteiger partial charge in [-0.1, -0.05) is 23.6 Å². The maximum absolute atomic E-state index is 12.1. The number of rotatable bonds is 9. The van der Waals surface area contributed by atoms with Crippen molar-refractivity contribution in [2.45, 2.75) is 23.8 Å². The summed E-state index contributed by atoms with van der Waals surface area (Å²) >= 11 is 0. The molecule has 0 spiro atoms. The predicted molar refractivity (Wildman–Crippen MR) is 81.7 cm³/mol. The normalized spacial score (nSPS) is 12.2. The monoisotopic (exact) mass is 343 g/mol. The largest absolute Gasteiger partial charge is 0.352 e. The molecule has 0 saturated heterocycles. The Kier molecular flexibility index (Phi) is 7.09. The van der Waals surface area contributed by atoms with Crippen LogP contribution in [0, 0.1) is 15.5 Å². The fourth-order valence-corrected chi connectivity index (χ4v) is 2.91. The Morgan fingerprint density at radius 2 is 2.00 bits per heavy atom. The van der Waals surface area contributed by atoms with Gasteiger partial charge in [-0.15, -0.1) is 0 Å². The summed E-state index contributed by atoms with van der Waals surface area (Å²) in [4.78, 5) is 21.1. The van der Waals surface area contributed by atoms with E-state index in [2.05, 4.69) is 10.0 Å². The minimum Gasteiger partial charge on any atom is -0.352 e. The quantitative estimate of drug-likeness (QED) is 0.119. The molecule has 1 atom stereocenters. The lowest BCUT2D eigenvalue weighted by atomic mass is 10.2. The molecule has 0 heterocycles. The third kappa shape index (κ3) is 6.84. The van der Waals surface area contributed by atoms with Crippen molar-refractivity contribution in [2.75, 3.05) is 6.54 Å². The van der Waals surface area contributed by atoms with Crippen molar-refractivity contribution in [1.29, 1.82) is 5.41 Å². The molecular formula is C12H17N5O5S. The van der Waals surface area contributed by atoms with Gasteiger partial charge >= 0.3 is 0 Å². The number of hydrogen-bond acceptors (Lipinski definition) is 6. The zero-order valence-electron chi connectivity index (χ0n) is 12.1. The summed E-state index contributed by atoms with van der Waals surface area (Å²) in [5.41, 5.74) is 1.62. The Balaban J connectivity index is 2.44. The van der Waals surface area contributed by atoms with E-state index < -0.39 is 27.1 Å². The lowest BCUT2D eigenvalue weighted by Crippen LogP contribution is -2.41. The van der Waals surface area contributed by atoms with Gasteiger partial charge in [-0.3, -0.25) is 5.41 Å². The average Bonchev–Trinajstić information content (AvgIpc) is 2.50. The van der Waals surface area contributed by atoms with Gasteiger partial charge in [0.1, 0.15) is 6.29 Å². The summed E-state index contributed by atoms with van der Waals surface area (Å²) in [5.74, 6) is -0.484. The number of benzene rings is 1. The van der Waals surface area contributed by atoms with Crippen molar-refractivity contribution < 1.29 is 18.2 Å². The molecule has 0 amide bonds. The van der Waals surface area contributed by atoms with E-state index in [1.807, 2.05) is 0 Å². The zero-order valence-corrected chi connectivity index (χ0v) is 12.9. The van der Waals surface area contributed by atoms with Gasteiger partial charge in [0, 0.05) is 6.54 Å². The molecule has 0 aliphatic carbocycles. The number of nitro groups is 1. The first-order chi connectivity index (χ1) is 10.8. The average molecular weight is 343 g/mol. The number of sulfonamides is 1. The molecular weight excluding hydrogens is 326 g/mol. The van der Waals surface area contributed by atoms with E-state index in [-0.39, 0.29) is 17.9 Å². The SMILES string of the molecule is N=C(NCCCC(C=O)NS(=O)(=O)c1ccccc1)N[N+](=O)[O-]. The molecule has 0 saturated carbocycles. The van der Waals surface area contributed by atoms with E-state index in [4.69, 9.17) is 5.41 Å². The standard InChI is InChI=1S/C12H17N5O5S/c13-12(15-17(19)20)14-8-4-5-10(9-18)16-23(21,22)11-6-2-1-3-7-11/h1-3,6-7,9-10,16H,4-5,8H2,(H3,13,14,15). The number of aldehydes is 1. The van der Waals surface area contributed by atoms with Crippen LogP contribution in [-0.4, -0.2) is 38.3 Å². The molecule has 0 radical (unpaired) electrons. The Morgan fingerprint density at radius 1 is 1.35 bits per heavy atom. The second-order valence-corrected chi connectivity index (χ2v) is 6.20. The number of hydrogen-bond donors (Lipinski definition) is 4. The number of guanidine groups is 1. The number of hydrazine groups is 1.